The molecular formula is C17H15N2O+. The maximum Gasteiger partial charge on any atom is 0.214 e. The van der Waals surface area contributed by atoms with Gasteiger partial charge >= 0.3 is 0 Å². The largest absolute Gasteiger partial charge is 0.497 e. The van der Waals surface area contributed by atoms with Crippen LogP contribution in [0.4, 0.5) is 0 Å². The monoisotopic (exact) mass is 263 g/mol. The number of methoxy groups -OCH3 is 1. The van der Waals surface area contributed by atoms with Gasteiger partial charge in [0.05, 0.1) is 18.0 Å². The Morgan fingerprint density at radius 3 is 2.75 bits per heavy atom. The van der Waals surface area contributed by atoms with Crippen molar-refractivity contribution in [3.63, 3.8) is 0 Å². The highest BCUT2D eigenvalue weighted by atomic mass is 16.5. The fourth-order valence-corrected chi connectivity index (χ4v) is 2.91. The highest BCUT2D eigenvalue weighted by Gasteiger charge is 2.12. The number of aromatic nitrogens is 2. The summed E-state index contributed by atoms with van der Waals surface area (Å²) in [6.07, 6.45) is 2.07. The van der Waals surface area contributed by atoms with Crippen LogP contribution in [0.1, 0.15) is 0 Å². The highest BCUT2D eigenvalue weighted by molar-refractivity contribution is 6.16. The zero-order valence-electron chi connectivity index (χ0n) is 11.5. The molecule has 0 saturated carbocycles. The average molecular weight is 263 g/mol. The number of aromatic amines is 1. The van der Waals surface area contributed by atoms with E-state index in [1.807, 2.05) is 6.07 Å². The van der Waals surface area contributed by atoms with Crippen molar-refractivity contribution in [2.75, 3.05) is 7.11 Å². The lowest BCUT2D eigenvalue weighted by molar-refractivity contribution is -0.644. The van der Waals surface area contributed by atoms with E-state index in [0.717, 1.165) is 11.3 Å². The molecule has 3 nitrogen and oxygen atoms in total. The standard InChI is InChI=1S/C17H14N2O/c1-19-9-3-4-13-16(19)8-6-12-14-10-11(20-2)5-7-15(14)18-17(12)13/h3-10H,1-2H3/p+1. The number of rotatable bonds is 1. The van der Waals surface area contributed by atoms with Crippen molar-refractivity contribution in [3.8, 4) is 5.75 Å². The molecule has 4 aromatic rings. The topological polar surface area (TPSA) is 28.9 Å². The van der Waals surface area contributed by atoms with Gasteiger partial charge in [0.1, 0.15) is 12.8 Å². The number of hydrogen-bond acceptors (Lipinski definition) is 1. The number of H-pyrrole nitrogens is 1. The summed E-state index contributed by atoms with van der Waals surface area (Å²) >= 11 is 0. The average Bonchev–Trinajstić information content (AvgIpc) is 2.85. The van der Waals surface area contributed by atoms with Crippen molar-refractivity contribution < 1.29 is 9.30 Å². The third-order valence-electron chi connectivity index (χ3n) is 3.95. The Balaban J connectivity index is 2.21. The van der Waals surface area contributed by atoms with Crippen molar-refractivity contribution in [2.24, 2.45) is 7.05 Å². The van der Waals surface area contributed by atoms with E-state index in [1.54, 1.807) is 7.11 Å². The number of fused-ring (bicyclic) bond motifs is 5. The molecule has 0 radical (unpaired) electrons. The fraction of sp³-hybridized carbons (Fsp3) is 0.118. The van der Waals surface area contributed by atoms with Crippen LogP contribution in [-0.2, 0) is 7.05 Å². The van der Waals surface area contributed by atoms with E-state index in [-0.39, 0.29) is 0 Å². The maximum atomic E-state index is 5.33. The van der Waals surface area contributed by atoms with Gasteiger partial charge in [0.15, 0.2) is 6.20 Å². The van der Waals surface area contributed by atoms with Crippen LogP contribution >= 0.6 is 0 Å². The molecule has 2 aromatic carbocycles. The quantitative estimate of drug-likeness (QED) is 0.524. The summed E-state index contributed by atoms with van der Waals surface area (Å²) in [5.41, 5.74) is 3.54. The summed E-state index contributed by atoms with van der Waals surface area (Å²) < 4.78 is 7.47. The first-order valence-electron chi connectivity index (χ1n) is 6.65. The molecule has 3 heteroatoms. The lowest BCUT2D eigenvalue weighted by atomic mass is 10.1. The first-order chi connectivity index (χ1) is 9.78. The van der Waals surface area contributed by atoms with Crippen LogP contribution < -0.4 is 9.30 Å². The summed E-state index contributed by atoms with van der Waals surface area (Å²) in [7, 11) is 3.77. The Bertz CT molecular complexity index is 953. The molecule has 0 unspecified atom stereocenters. The van der Waals surface area contributed by atoms with Crippen LogP contribution in [0.25, 0.3) is 32.7 Å². The van der Waals surface area contributed by atoms with Crippen LogP contribution in [0.5, 0.6) is 5.75 Å². The first kappa shape index (κ1) is 11.3. The predicted molar refractivity (Wildman–Crippen MR) is 81.0 cm³/mol. The summed E-state index contributed by atoms with van der Waals surface area (Å²) in [6, 6.07) is 14.7. The van der Waals surface area contributed by atoms with Gasteiger partial charge in [0, 0.05) is 28.4 Å². The van der Waals surface area contributed by atoms with Gasteiger partial charge in [-0.1, -0.05) is 0 Å². The van der Waals surface area contributed by atoms with Crippen molar-refractivity contribution in [2.45, 2.75) is 0 Å². The smallest absolute Gasteiger partial charge is 0.214 e. The Morgan fingerprint density at radius 2 is 1.90 bits per heavy atom. The third-order valence-corrected chi connectivity index (χ3v) is 3.95. The number of nitrogens with zero attached hydrogens (tertiary/aromatic N) is 1. The Hall–Kier alpha value is -2.55. The molecule has 2 heterocycles. The van der Waals surface area contributed by atoms with Crippen LogP contribution in [0.3, 0.4) is 0 Å². The van der Waals surface area contributed by atoms with Crippen molar-refractivity contribution >= 4 is 32.7 Å². The molecule has 4 rings (SSSR count). The SMILES string of the molecule is COc1ccc2[nH]c3c(ccc4c3ccc[n+]4C)c2c1. The lowest BCUT2D eigenvalue weighted by Crippen LogP contribution is -2.27. The molecule has 0 aliphatic rings. The Labute approximate surface area is 116 Å². The molecule has 0 bridgehead atoms. The van der Waals surface area contributed by atoms with E-state index >= 15 is 0 Å². The summed E-state index contributed by atoms with van der Waals surface area (Å²) in [4.78, 5) is 3.53. The zero-order valence-corrected chi connectivity index (χ0v) is 11.5. The van der Waals surface area contributed by atoms with Gasteiger partial charge in [0.2, 0.25) is 5.52 Å². The second kappa shape index (κ2) is 3.97. The Kier molecular flexibility index (Phi) is 2.24. The summed E-state index contributed by atoms with van der Waals surface area (Å²) in [6.45, 7) is 0. The number of benzene rings is 2. The normalized spacial score (nSPS) is 11.5. The number of nitrogens with one attached hydrogen (secondary N) is 1. The molecule has 1 N–H and O–H groups in total. The Morgan fingerprint density at radius 1 is 1.00 bits per heavy atom. The van der Waals surface area contributed by atoms with Crippen LogP contribution in [0, 0.1) is 0 Å². The van der Waals surface area contributed by atoms with Gasteiger partial charge in [0.25, 0.3) is 0 Å². The van der Waals surface area contributed by atoms with E-state index in [4.69, 9.17) is 4.74 Å². The number of hydrogen-bond donors (Lipinski definition) is 1. The van der Waals surface area contributed by atoms with E-state index in [1.165, 1.54) is 27.2 Å². The van der Waals surface area contributed by atoms with E-state index in [9.17, 15) is 0 Å². The van der Waals surface area contributed by atoms with Gasteiger partial charge in [-0.05, 0) is 30.3 Å². The number of pyridine rings is 1. The third kappa shape index (κ3) is 1.43. The number of ether oxygens (including phenoxy) is 1. The molecule has 0 atom stereocenters. The van der Waals surface area contributed by atoms with Gasteiger partial charge in [-0.2, -0.15) is 0 Å². The van der Waals surface area contributed by atoms with Gasteiger partial charge in [-0.3, -0.25) is 0 Å². The highest BCUT2D eigenvalue weighted by Crippen LogP contribution is 2.32. The van der Waals surface area contributed by atoms with Crippen LogP contribution in [0.15, 0.2) is 48.7 Å². The fourth-order valence-electron chi connectivity index (χ4n) is 2.91. The molecule has 0 fully saturated rings. The van der Waals surface area contributed by atoms with Crippen molar-refractivity contribution in [3.05, 3.63) is 48.7 Å². The van der Waals surface area contributed by atoms with Gasteiger partial charge < -0.3 is 9.72 Å². The lowest BCUT2D eigenvalue weighted by Gasteiger charge is -1.99. The maximum absolute atomic E-state index is 5.33. The molecule has 98 valence electrons. The molecule has 0 saturated heterocycles. The van der Waals surface area contributed by atoms with Gasteiger partial charge in [-0.25, -0.2) is 4.57 Å². The number of aryl methyl sites for hydroxylation is 1. The van der Waals surface area contributed by atoms with Crippen molar-refractivity contribution in [1.29, 1.82) is 0 Å². The second-order valence-electron chi connectivity index (χ2n) is 5.08. The molecule has 0 aliphatic carbocycles. The molecular weight excluding hydrogens is 248 g/mol. The van der Waals surface area contributed by atoms with Crippen molar-refractivity contribution in [1.82, 2.24) is 4.98 Å². The molecule has 2 aromatic heterocycles. The van der Waals surface area contributed by atoms with E-state index in [2.05, 4.69) is 59.2 Å². The molecule has 0 aliphatic heterocycles. The van der Waals surface area contributed by atoms with Crippen LogP contribution in [-0.4, -0.2) is 12.1 Å². The molecule has 20 heavy (non-hydrogen) atoms. The van der Waals surface area contributed by atoms with E-state index < -0.39 is 0 Å². The minimum Gasteiger partial charge on any atom is -0.497 e. The minimum atomic E-state index is 0.886. The molecule has 0 amide bonds. The minimum absolute atomic E-state index is 0.886. The molecule has 0 spiro atoms. The van der Waals surface area contributed by atoms with Gasteiger partial charge in [-0.15, -0.1) is 0 Å². The van der Waals surface area contributed by atoms with E-state index in [0.29, 0.717) is 0 Å². The summed E-state index contributed by atoms with van der Waals surface area (Å²) in [5.74, 6) is 0.886. The zero-order chi connectivity index (χ0) is 13.7. The first-order valence-corrected chi connectivity index (χ1v) is 6.65. The summed E-state index contributed by atoms with van der Waals surface area (Å²) in [5, 5.41) is 3.67. The van der Waals surface area contributed by atoms with Crippen LogP contribution in [0.2, 0.25) is 0 Å². The second-order valence-corrected chi connectivity index (χ2v) is 5.08. The predicted octanol–water partition coefficient (Wildman–Crippen LogP) is 3.31.